The number of benzene rings is 1. The number of hydrogen-bond acceptors (Lipinski definition) is 4. The lowest BCUT2D eigenvalue weighted by Gasteiger charge is -2.20. The molecule has 0 bridgehead atoms. The van der Waals surface area contributed by atoms with Crippen molar-refractivity contribution in [1.29, 1.82) is 0 Å². The summed E-state index contributed by atoms with van der Waals surface area (Å²) in [4.78, 5) is 6.82. The van der Waals surface area contributed by atoms with E-state index in [0.29, 0.717) is 19.0 Å². The number of fused-ring (bicyclic) bond motifs is 1. The van der Waals surface area contributed by atoms with E-state index in [9.17, 15) is 5.11 Å². The Bertz CT molecular complexity index is 683. The molecule has 2 unspecified atom stereocenters. The zero-order chi connectivity index (χ0) is 17.1. The Labute approximate surface area is 144 Å². The Morgan fingerprint density at radius 2 is 2.08 bits per heavy atom. The first-order chi connectivity index (χ1) is 11.6. The number of aliphatic hydroxyl groups is 1. The second-order valence-corrected chi connectivity index (χ2v) is 7.05. The lowest BCUT2D eigenvalue weighted by molar-refractivity contribution is 0.0937. The maximum absolute atomic E-state index is 10.5. The molecular weight excluding hydrogens is 302 g/mol. The van der Waals surface area contributed by atoms with Crippen LogP contribution in [0.4, 0.5) is 0 Å². The van der Waals surface area contributed by atoms with Gasteiger partial charge in [0.25, 0.3) is 0 Å². The molecule has 1 aromatic carbocycles. The number of aryl methyl sites for hydroxylation is 2. The van der Waals surface area contributed by atoms with Gasteiger partial charge in [-0.1, -0.05) is 0 Å². The number of β-amino-alcohol motifs (C(OH)–C–C–N with tert-alkyl or cyclic N) is 1. The van der Waals surface area contributed by atoms with Gasteiger partial charge in [0.15, 0.2) is 0 Å². The van der Waals surface area contributed by atoms with Crippen molar-refractivity contribution >= 4 is 11.0 Å². The highest BCUT2D eigenvalue weighted by atomic mass is 16.5. The number of aliphatic hydroxyl groups excluding tert-OH is 1. The molecule has 2 aromatic rings. The molecule has 1 N–H and O–H groups in total. The minimum absolute atomic E-state index is 0.380. The van der Waals surface area contributed by atoms with Gasteiger partial charge in [-0.15, -0.1) is 0 Å². The monoisotopic (exact) mass is 331 g/mol. The predicted molar refractivity (Wildman–Crippen MR) is 96.3 cm³/mol. The first-order valence-corrected chi connectivity index (χ1v) is 8.97. The number of aromatic nitrogens is 2. The first kappa shape index (κ1) is 17.4. The van der Waals surface area contributed by atoms with Gasteiger partial charge in [0.05, 0.1) is 36.6 Å². The van der Waals surface area contributed by atoms with Gasteiger partial charge in [-0.05, 0) is 62.9 Å². The summed E-state index contributed by atoms with van der Waals surface area (Å²) in [5.41, 5.74) is 4.62. The Morgan fingerprint density at radius 1 is 1.29 bits per heavy atom. The van der Waals surface area contributed by atoms with Gasteiger partial charge in [-0.3, -0.25) is 0 Å². The van der Waals surface area contributed by atoms with Crippen molar-refractivity contribution in [2.75, 3.05) is 32.8 Å². The highest BCUT2D eigenvalue weighted by Crippen LogP contribution is 2.20. The fourth-order valence-corrected chi connectivity index (χ4v) is 3.54. The number of likely N-dealkylation sites (tertiary alicyclic amines) is 1. The number of imidazole rings is 1. The molecule has 0 saturated carbocycles. The molecule has 1 fully saturated rings. The maximum Gasteiger partial charge on any atom is 0.0959 e. The Balaban J connectivity index is 1.58. The molecule has 1 aliphatic heterocycles. The van der Waals surface area contributed by atoms with Crippen LogP contribution < -0.4 is 0 Å². The quantitative estimate of drug-likeness (QED) is 0.846. The van der Waals surface area contributed by atoms with Gasteiger partial charge in [-0.2, -0.15) is 0 Å². The van der Waals surface area contributed by atoms with Crippen molar-refractivity contribution < 1.29 is 9.84 Å². The summed E-state index contributed by atoms with van der Waals surface area (Å²) in [5.74, 6) is 0.608. The second kappa shape index (κ2) is 7.64. The van der Waals surface area contributed by atoms with Gasteiger partial charge < -0.3 is 19.3 Å². The van der Waals surface area contributed by atoms with Crippen LogP contribution in [0.3, 0.4) is 0 Å². The Kier molecular flexibility index (Phi) is 5.54. The molecule has 24 heavy (non-hydrogen) atoms. The van der Waals surface area contributed by atoms with Crippen molar-refractivity contribution in [2.45, 2.75) is 39.8 Å². The van der Waals surface area contributed by atoms with E-state index in [1.54, 1.807) is 0 Å². The summed E-state index contributed by atoms with van der Waals surface area (Å²) in [6, 6.07) is 4.28. The van der Waals surface area contributed by atoms with E-state index < -0.39 is 0 Å². The van der Waals surface area contributed by atoms with Gasteiger partial charge in [-0.25, -0.2) is 4.98 Å². The first-order valence-electron chi connectivity index (χ1n) is 8.97. The van der Waals surface area contributed by atoms with Crippen molar-refractivity contribution in [3.05, 3.63) is 29.6 Å². The Hall–Kier alpha value is -1.43. The van der Waals surface area contributed by atoms with E-state index >= 15 is 0 Å². The molecule has 132 valence electrons. The molecule has 0 amide bonds. The van der Waals surface area contributed by atoms with E-state index in [1.807, 2.05) is 13.3 Å². The van der Waals surface area contributed by atoms with Gasteiger partial charge in [0, 0.05) is 19.7 Å². The normalized spacial score (nSPS) is 20.1. The summed E-state index contributed by atoms with van der Waals surface area (Å²) < 4.78 is 7.59. The van der Waals surface area contributed by atoms with Crippen molar-refractivity contribution in [1.82, 2.24) is 14.5 Å². The van der Waals surface area contributed by atoms with Gasteiger partial charge in [0.2, 0.25) is 0 Å². The van der Waals surface area contributed by atoms with Crippen molar-refractivity contribution in [3.63, 3.8) is 0 Å². The summed E-state index contributed by atoms with van der Waals surface area (Å²) in [5, 5.41) is 10.5. The summed E-state index contributed by atoms with van der Waals surface area (Å²) in [6.45, 7) is 11.3. The summed E-state index contributed by atoms with van der Waals surface area (Å²) in [6.07, 6.45) is 2.63. The molecule has 3 rings (SSSR count). The topological polar surface area (TPSA) is 50.5 Å². The zero-order valence-electron chi connectivity index (χ0n) is 15.0. The van der Waals surface area contributed by atoms with Crippen molar-refractivity contribution in [2.24, 2.45) is 5.92 Å². The molecule has 1 aliphatic rings. The minimum Gasteiger partial charge on any atom is -0.390 e. The maximum atomic E-state index is 10.5. The van der Waals surface area contributed by atoms with Crippen LogP contribution in [0.25, 0.3) is 11.0 Å². The molecule has 1 saturated heterocycles. The van der Waals surface area contributed by atoms with Crippen LogP contribution in [0.5, 0.6) is 0 Å². The predicted octanol–water partition coefficient (Wildman–Crippen LogP) is 2.37. The van der Waals surface area contributed by atoms with Crippen LogP contribution in [0.15, 0.2) is 18.5 Å². The van der Waals surface area contributed by atoms with E-state index in [4.69, 9.17) is 4.74 Å². The highest BCUT2D eigenvalue weighted by molar-refractivity contribution is 5.77. The SMILES string of the molecule is CCOCC1CCN(CC(O)Cn2cnc3cc(C)c(C)cc32)C1. The van der Waals surface area contributed by atoms with E-state index in [2.05, 4.69) is 40.4 Å². The van der Waals surface area contributed by atoms with Gasteiger partial charge in [0.1, 0.15) is 0 Å². The molecule has 0 aliphatic carbocycles. The van der Waals surface area contributed by atoms with Crippen molar-refractivity contribution in [3.8, 4) is 0 Å². The van der Waals surface area contributed by atoms with E-state index in [0.717, 1.165) is 37.3 Å². The number of ether oxygens (including phenoxy) is 1. The number of nitrogens with zero attached hydrogens (tertiary/aromatic N) is 3. The molecule has 1 aromatic heterocycles. The third-order valence-electron chi connectivity index (χ3n) is 5.04. The number of hydrogen-bond donors (Lipinski definition) is 1. The van der Waals surface area contributed by atoms with E-state index in [-0.39, 0.29) is 6.10 Å². The molecule has 5 nitrogen and oxygen atoms in total. The standard InChI is InChI=1S/C19H29N3O2/c1-4-24-12-16-5-6-21(9-16)10-17(23)11-22-13-20-18-7-14(2)15(3)8-19(18)22/h7-8,13,16-17,23H,4-6,9-12H2,1-3H3. The highest BCUT2D eigenvalue weighted by Gasteiger charge is 2.24. The van der Waals surface area contributed by atoms with Crippen LogP contribution in [0.1, 0.15) is 24.5 Å². The minimum atomic E-state index is -0.380. The third kappa shape index (κ3) is 3.97. The van der Waals surface area contributed by atoms with Crippen LogP contribution in [0, 0.1) is 19.8 Å². The fraction of sp³-hybridized carbons (Fsp3) is 0.632. The van der Waals surface area contributed by atoms with Crippen LogP contribution in [-0.4, -0.2) is 58.5 Å². The lowest BCUT2D eigenvalue weighted by atomic mass is 10.1. The molecule has 2 heterocycles. The van der Waals surface area contributed by atoms with Crippen LogP contribution in [-0.2, 0) is 11.3 Å². The Morgan fingerprint density at radius 3 is 2.88 bits per heavy atom. The molecule has 0 radical (unpaired) electrons. The smallest absolute Gasteiger partial charge is 0.0959 e. The third-order valence-corrected chi connectivity index (χ3v) is 5.04. The second-order valence-electron chi connectivity index (χ2n) is 7.05. The lowest BCUT2D eigenvalue weighted by Crippen LogP contribution is -2.33. The average Bonchev–Trinajstić information content (AvgIpc) is 3.14. The van der Waals surface area contributed by atoms with E-state index in [1.165, 1.54) is 17.5 Å². The molecule has 2 atom stereocenters. The summed E-state index contributed by atoms with van der Waals surface area (Å²) >= 11 is 0. The van der Waals surface area contributed by atoms with Crippen LogP contribution >= 0.6 is 0 Å². The average molecular weight is 331 g/mol. The zero-order valence-corrected chi connectivity index (χ0v) is 15.0. The largest absolute Gasteiger partial charge is 0.390 e. The van der Waals surface area contributed by atoms with Crippen LogP contribution in [0.2, 0.25) is 0 Å². The number of rotatable bonds is 7. The molecule has 5 heteroatoms. The van der Waals surface area contributed by atoms with Gasteiger partial charge >= 0.3 is 0 Å². The summed E-state index contributed by atoms with van der Waals surface area (Å²) in [7, 11) is 0. The molecular formula is C19H29N3O2. The fourth-order valence-electron chi connectivity index (χ4n) is 3.54. The molecule has 0 spiro atoms.